The van der Waals surface area contributed by atoms with Gasteiger partial charge in [-0.05, 0) is 42.8 Å². The number of rotatable bonds is 4. The summed E-state index contributed by atoms with van der Waals surface area (Å²) in [6, 6.07) is 8.62. The summed E-state index contributed by atoms with van der Waals surface area (Å²) in [6.07, 6.45) is 7.14. The van der Waals surface area contributed by atoms with Gasteiger partial charge in [-0.1, -0.05) is 18.2 Å². The number of aryl methyl sites for hydroxylation is 1. The predicted molar refractivity (Wildman–Crippen MR) is 63.7 cm³/mol. The Bertz CT molecular complexity index is 437. The molecule has 0 bridgehead atoms. The maximum atomic E-state index is 5.47. The molecule has 0 aliphatic carbocycles. The van der Waals surface area contributed by atoms with Gasteiger partial charge in [-0.25, -0.2) is 0 Å². The molecule has 2 heteroatoms. The van der Waals surface area contributed by atoms with Crippen LogP contribution >= 0.6 is 0 Å². The van der Waals surface area contributed by atoms with Gasteiger partial charge in [-0.2, -0.15) is 0 Å². The van der Waals surface area contributed by atoms with E-state index in [-0.39, 0.29) is 0 Å². The highest BCUT2D eigenvalue weighted by Crippen LogP contribution is 2.15. The first kappa shape index (κ1) is 10.1. The fourth-order valence-electron chi connectivity index (χ4n) is 1.76. The molecular weight excluding hydrogens is 184 g/mol. The molecule has 1 heterocycles. The lowest BCUT2D eigenvalue weighted by Gasteiger charge is -2.02. The summed E-state index contributed by atoms with van der Waals surface area (Å²) in [5.41, 5.74) is 6.87. The van der Waals surface area contributed by atoms with E-state index in [9.17, 15) is 0 Å². The quantitative estimate of drug-likeness (QED) is 0.770. The van der Waals surface area contributed by atoms with Gasteiger partial charge in [0, 0.05) is 17.8 Å². The van der Waals surface area contributed by atoms with Crippen molar-refractivity contribution in [2.75, 3.05) is 6.54 Å². The summed E-state index contributed by atoms with van der Waals surface area (Å²) >= 11 is 0. The van der Waals surface area contributed by atoms with Crippen LogP contribution in [0.15, 0.2) is 36.7 Å². The second-order valence-corrected chi connectivity index (χ2v) is 3.80. The van der Waals surface area contributed by atoms with Crippen LogP contribution in [0.4, 0.5) is 0 Å². The zero-order chi connectivity index (χ0) is 10.5. The number of benzene rings is 1. The highest BCUT2D eigenvalue weighted by atomic mass is 14.6. The summed E-state index contributed by atoms with van der Waals surface area (Å²) in [4.78, 5) is 4.10. The number of pyridine rings is 1. The van der Waals surface area contributed by atoms with Crippen LogP contribution in [0.25, 0.3) is 10.8 Å². The zero-order valence-corrected chi connectivity index (χ0v) is 8.82. The first-order valence-electron chi connectivity index (χ1n) is 5.43. The van der Waals surface area contributed by atoms with Crippen LogP contribution in [0.2, 0.25) is 0 Å². The van der Waals surface area contributed by atoms with Gasteiger partial charge in [0.25, 0.3) is 0 Å². The Labute approximate surface area is 90.1 Å². The topological polar surface area (TPSA) is 38.9 Å². The SMILES string of the molecule is NCCCCc1ccc2cnccc2c1. The molecule has 2 N–H and O–H groups in total. The smallest absolute Gasteiger partial charge is 0.0346 e. The minimum Gasteiger partial charge on any atom is -0.330 e. The van der Waals surface area contributed by atoms with Crippen LogP contribution in [-0.2, 0) is 6.42 Å². The molecular formula is C13H16N2. The standard InChI is InChI=1S/C13H16N2/c14-7-2-1-3-11-4-5-13-10-15-8-6-12(13)9-11/h4-6,8-10H,1-3,7,14H2. The maximum absolute atomic E-state index is 5.47. The van der Waals surface area contributed by atoms with Gasteiger partial charge < -0.3 is 5.73 Å². The molecule has 2 nitrogen and oxygen atoms in total. The van der Waals surface area contributed by atoms with Crippen LogP contribution in [0.5, 0.6) is 0 Å². The molecule has 0 aliphatic rings. The van der Waals surface area contributed by atoms with Crippen molar-refractivity contribution in [1.29, 1.82) is 0 Å². The van der Waals surface area contributed by atoms with Crippen molar-refractivity contribution in [3.05, 3.63) is 42.2 Å². The molecule has 0 saturated heterocycles. The van der Waals surface area contributed by atoms with Gasteiger partial charge in [0.15, 0.2) is 0 Å². The van der Waals surface area contributed by atoms with Gasteiger partial charge in [0.1, 0.15) is 0 Å². The average molecular weight is 200 g/mol. The van der Waals surface area contributed by atoms with Gasteiger partial charge in [0.2, 0.25) is 0 Å². The van der Waals surface area contributed by atoms with E-state index in [4.69, 9.17) is 5.73 Å². The molecule has 0 saturated carbocycles. The summed E-state index contributed by atoms with van der Waals surface area (Å²) in [5.74, 6) is 0. The predicted octanol–water partition coefficient (Wildman–Crippen LogP) is 2.52. The number of hydrogen-bond donors (Lipinski definition) is 1. The van der Waals surface area contributed by atoms with E-state index < -0.39 is 0 Å². The minimum atomic E-state index is 0.789. The van der Waals surface area contributed by atoms with E-state index in [1.165, 1.54) is 22.8 Å². The third-order valence-electron chi connectivity index (χ3n) is 2.62. The van der Waals surface area contributed by atoms with E-state index in [2.05, 4.69) is 29.2 Å². The number of nitrogens with zero attached hydrogens (tertiary/aromatic N) is 1. The molecule has 2 aromatic rings. The lowest BCUT2D eigenvalue weighted by molar-refractivity contribution is 0.745. The van der Waals surface area contributed by atoms with Crippen molar-refractivity contribution in [3.63, 3.8) is 0 Å². The Morgan fingerprint density at radius 2 is 2.00 bits per heavy atom. The number of nitrogens with two attached hydrogens (primary N) is 1. The number of unbranched alkanes of at least 4 members (excludes halogenated alkanes) is 1. The van der Waals surface area contributed by atoms with Crippen LogP contribution in [0, 0.1) is 0 Å². The average Bonchev–Trinajstić information content (AvgIpc) is 2.29. The first-order valence-corrected chi connectivity index (χ1v) is 5.43. The molecule has 0 fully saturated rings. The molecule has 1 aromatic carbocycles. The van der Waals surface area contributed by atoms with Crippen LogP contribution < -0.4 is 5.73 Å². The second kappa shape index (κ2) is 4.89. The Morgan fingerprint density at radius 1 is 1.07 bits per heavy atom. The summed E-state index contributed by atoms with van der Waals surface area (Å²) < 4.78 is 0. The Morgan fingerprint density at radius 3 is 2.87 bits per heavy atom. The van der Waals surface area contributed by atoms with E-state index in [1.54, 1.807) is 0 Å². The van der Waals surface area contributed by atoms with Crippen molar-refractivity contribution in [2.45, 2.75) is 19.3 Å². The molecule has 0 aliphatic heterocycles. The molecule has 0 amide bonds. The summed E-state index contributed by atoms with van der Waals surface area (Å²) in [5, 5.41) is 2.48. The van der Waals surface area contributed by atoms with Crippen molar-refractivity contribution in [3.8, 4) is 0 Å². The fourth-order valence-corrected chi connectivity index (χ4v) is 1.76. The van der Waals surface area contributed by atoms with Crippen molar-refractivity contribution < 1.29 is 0 Å². The highest BCUT2D eigenvalue weighted by molar-refractivity contribution is 5.81. The van der Waals surface area contributed by atoms with Gasteiger partial charge in [0.05, 0.1) is 0 Å². The molecule has 15 heavy (non-hydrogen) atoms. The second-order valence-electron chi connectivity index (χ2n) is 3.80. The molecule has 0 spiro atoms. The van der Waals surface area contributed by atoms with Gasteiger partial charge in [-0.15, -0.1) is 0 Å². The van der Waals surface area contributed by atoms with Gasteiger partial charge in [-0.3, -0.25) is 4.98 Å². The molecule has 0 radical (unpaired) electrons. The number of hydrogen-bond acceptors (Lipinski definition) is 2. The van der Waals surface area contributed by atoms with Crippen LogP contribution in [0.3, 0.4) is 0 Å². The van der Waals surface area contributed by atoms with Crippen molar-refractivity contribution >= 4 is 10.8 Å². The monoisotopic (exact) mass is 200 g/mol. The van der Waals surface area contributed by atoms with E-state index in [0.717, 1.165) is 19.4 Å². The first-order chi connectivity index (χ1) is 7.40. The fraction of sp³-hybridized carbons (Fsp3) is 0.308. The van der Waals surface area contributed by atoms with Crippen molar-refractivity contribution in [1.82, 2.24) is 4.98 Å². The van der Waals surface area contributed by atoms with E-state index in [1.807, 2.05) is 12.4 Å². The molecule has 2 rings (SSSR count). The largest absolute Gasteiger partial charge is 0.330 e. The normalized spacial score (nSPS) is 10.7. The molecule has 0 unspecified atom stereocenters. The Kier molecular flexibility index (Phi) is 3.30. The Balaban J connectivity index is 2.16. The third-order valence-corrected chi connectivity index (χ3v) is 2.62. The number of aromatic nitrogens is 1. The highest BCUT2D eigenvalue weighted by Gasteiger charge is 1.96. The minimum absolute atomic E-state index is 0.789. The van der Waals surface area contributed by atoms with Crippen LogP contribution in [0.1, 0.15) is 18.4 Å². The lowest BCUT2D eigenvalue weighted by Crippen LogP contribution is -1.98. The molecule has 1 aromatic heterocycles. The van der Waals surface area contributed by atoms with E-state index in [0.29, 0.717) is 0 Å². The van der Waals surface area contributed by atoms with Crippen molar-refractivity contribution in [2.24, 2.45) is 5.73 Å². The molecule has 78 valence electrons. The summed E-state index contributed by atoms with van der Waals surface area (Å²) in [7, 11) is 0. The summed E-state index contributed by atoms with van der Waals surface area (Å²) in [6.45, 7) is 0.789. The maximum Gasteiger partial charge on any atom is 0.0346 e. The Hall–Kier alpha value is -1.41. The third kappa shape index (κ3) is 2.54. The van der Waals surface area contributed by atoms with Crippen LogP contribution in [-0.4, -0.2) is 11.5 Å². The van der Waals surface area contributed by atoms with Gasteiger partial charge >= 0.3 is 0 Å². The lowest BCUT2D eigenvalue weighted by atomic mass is 10.0. The zero-order valence-electron chi connectivity index (χ0n) is 8.82. The molecule has 0 atom stereocenters. The number of fused-ring (bicyclic) bond motifs is 1. The van der Waals surface area contributed by atoms with E-state index >= 15 is 0 Å².